The lowest BCUT2D eigenvalue weighted by atomic mass is 10.0. The summed E-state index contributed by atoms with van der Waals surface area (Å²) in [6, 6.07) is 4.49. The third-order valence-electron chi connectivity index (χ3n) is 2.33. The van der Waals surface area contributed by atoms with Crippen molar-refractivity contribution in [2.24, 2.45) is 0 Å². The van der Waals surface area contributed by atoms with Crippen LogP contribution in [0.15, 0.2) is 18.2 Å². The van der Waals surface area contributed by atoms with Gasteiger partial charge in [-0.15, -0.1) is 11.6 Å². The molecule has 0 amide bonds. The van der Waals surface area contributed by atoms with Crippen molar-refractivity contribution in [3.63, 3.8) is 0 Å². The zero-order chi connectivity index (χ0) is 12.1. The molecule has 0 bridgehead atoms. The van der Waals surface area contributed by atoms with E-state index in [1.165, 1.54) is 19.2 Å². The molecule has 0 saturated carbocycles. The van der Waals surface area contributed by atoms with Gasteiger partial charge in [-0.3, -0.25) is 0 Å². The van der Waals surface area contributed by atoms with E-state index >= 15 is 0 Å². The molecule has 5 heteroatoms. The maximum absolute atomic E-state index is 9.76. The molecule has 0 heterocycles. The van der Waals surface area contributed by atoms with E-state index in [1.54, 1.807) is 6.07 Å². The Balaban J connectivity index is 2.87. The van der Waals surface area contributed by atoms with Gasteiger partial charge in [-0.05, 0) is 18.6 Å². The molecule has 4 nitrogen and oxygen atoms in total. The summed E-state index contributed by atoms with van der Waals surface area (Å²) >= 11 is 5.46. The second-order valence-corrected chi connectivity index (χ2v) is 3.79. The van der Waals surface area contributed by atoms with Gasteiger partial charge < -0.3 is 20.1 Å². The molecular weight excluding hydrogens is 232 g/mol. The van der Waals surface area contributed by atoms with Gasteiger partial charge in [0.25, 0.3) is 0 Å². The number of benzene rings is 1. The molecule has 0 aliphatic heterocycles. The second-order valence-electron chi connectivity index (χ2n) is 3.41. The predicted molar refractivity (Wildman–Crippen MR) is 61.0 cm³/mol. The van der Waals surface area contributed by atoms with Gasteiger partial charge in [0.1, 0.15) is 17.6 Å². The number of aliphatic hydroxyl groups excluding tert-OH is 2. The fourth-order valence-corrected chi connectivity index (χ4v) is 1.60. The van der Waals surface area contributed by atoms with Crippen molar-refractivity contribution in [3.05, 3.63) is 23.8 Å². The predicted octanol–water partition coefficient (Wildman–Crippen LogP) is 1.42. The first-order valence-corrected chi connectivity index (χ1v) is 5.42. The summed E-state index contributed by atoms with van der Waals surface area (Å²) < 4.78 is 4.91. The Kier molecular flexibility index (Phi) is 4.86. The summed E-state index contributed by atoms with van der Waals surface area (Å²) in [6.07, 6.45) is -1.88. The number of aliphatic hydroxyl groups is 2. The number of hydrogen-bond donors (Lipinski definition) is 3. The summed E-state index contributed by atoms with van der Waals surface area (Å²) in [5.74, 6) is 0.621. The van der Waals surface area contributed by atoms with E-state index in [9.17, 15) is 15.3 Å². The van der Waals surface area contributed by atoms with Crippen LogP contribution in [0, 0.1) is 0 Å². The van der Waals surface area contributed by atoms with E-state index in [-0.39, 0.29) is 23.6 Å². The van der Waals surface area contributed by atoms with E-state index in [2.05, 4.69) is 0 Å². The van der Waals surface area contributed by atoms with E-state index in [0.717, 1.165) is 0 Å². The van der Waals surface area contributed by atoms with Crippen LogP contribution in [0.25, 0.3) is 0 Å². The number of alkyl halides is 1. The number of hydrogen-bond acceptors (Lipinski definition) is 4. The van der Waals surface area contributed by atoms with Crippen molar-refractivity contribution in [1.82, 2.24) is 0 Å². The Morgan fingerprint density at radius 2 is 2.06 bits per heavy atom. The molecule has 2 atom stereocenters. The summed E-state index contributed by atoms with van der Waals surface area (Å²) in [7, 11) is 1.48. The number of methoxy groups -OCH3 is 1. The molecule has 3 N–H and O–H groups in total. The van der Waals surface area contributed by atoms with Crippen LogP contribution in [0.2, 0.25) is 0 Å². The number of phenolic OH excluding ortho intramolecular Hbond substituents is 1. The molecule has 2 unspecified atom stereocenters. The molecule has 0 fully saturated rings. The van der Waals surface area contributed by atoms with Gasteiger partial charge in [-0.2, -0.15) is 0 Å². The quantitative estimate of drug-likeness (QED) is 0.688. The molecule has 0 aromatic heterocycles. The van der Waals surface area contributed by atoms with E-state index in [0.29, 0.717) is 5.75 Å². The molecule has 90 valence electrons. The summed E-state index contributed by atoms with van der Waals surface area (Å²) in [5, 5.41) is 28.9. The Morgan fingerprint density at radius 1 is 1.38 bits per heavy atom. The Morgan fingerprint density at radius 3 is 2.56 bits per heavy atom. The maximum Gasteiger partial charge on any atom is 0.125 e. The fraction of sp³-hybridized carbons (Fsp3) is 0.455. The molecular formula is C11H15ClO4. The number of ether oxygens (including phenoxy) is 1. The van der Waals surface area contributed by atoms with Crippen LogP contribution in [-0.4, -0.2) is 34.4 Å². The van der Waals surface area contributed by atoms with Gasteiger partial charge in [0.05, 0.1) is 13.2 Å². The van der Waals surface area contributed by atoms with Crippen LogP contribution in [0.1, 0.15) is 18.1 Å². The summed E-state index contributed by atoms with van der Waals surface area (Å²) in [5.41, 5.74) is 0.262. The molecule has 0 aliphatic carbocycles. The van der Waals surface area contributed by atoms with Crippen molar-refractivity contribution in [3.8, 4) is 11.5 Å². The highest BCUT2D eigenvalue weighted by atomic mass is 35.5. The van der Waals surface area contributed by atoms with E-state index in [1.807, 2.05) is 0 Å². The highest BCUT2D eigenvalue weighted by Crippen LogP contribution is 2.30. The van der Waals surface area contributed by atoms with Gasteiger partial charge in [0.2, 0.25) is 0 Å². The van der Waals surface area contributed by atoms with Crippen LogP contribution in [0.4, 0.5) is 0 Å². The van der Waals surface area contributed by atoms with Crippen LogP contribution in [0.3, 0.4) is 0 Å². The topological polar surface area (TPSA) is 69.9 Å². The third kappa shape index (κ3) is 3.01. The second kappa shape index (κ2) is 5.94. The fourth-order valence-electron chi connectivity index (χ4n) is 1.38. The zero-order valence-corrected chi connectivity index (χ0v) is 9.68. The maximum atomic E-state index is 9.76. The van der Waals surface area contributed by atoms with Crippen LogP contribution >= 0.6 is 11.6 Å². The lowest BCUT2D eigenvalue weighted by molar-refractivity contribution is 0.0156. The van der Waals surface area contributed by atoms with Gasteiger partial charge in [0.15, 0.2) is 0 Å². The van der Waals surface area contributed by atoms with Crippen molar-refractivity contribution in [2.45, 2.75) is 18.6 Å². The van der Waals surface area contributed by atoms with Crippen molar-refractivity contribution in [2.75, 3.05) is 13.0 Å². The first kappa shape index (κ1) is 13.1. The third-order valence-corrected chi connectivity index (χ3v) is 2.54. The minimum atomic E-state index is -1.15. The molecule has 1 aromatic rings. The highest BCUT2D eigenvalue weighted by Gasteiger charge is 2.20. The van der Waals surface area contributed by atoms with Gasteiger partial charge in [0, 0.05) is 17.5 Å². The monoisotopic (exact) mass is 246 g/mol. The zero-order valence-electron chi connectivity index (χ0n) is 8.93. The molecule has 0 spiro atoms. The smallest absolute Gasteiger partial charge is 0.125 e. The van der Waals surface area contributed by atoms with E-state index in [4.69, 9.17) is 16.3 Å². The lowest BCUT2D eigenvalue weighted by Gasteiger charge is -2.18. The van der Waals surface area contributed by atoms with Crippen molar-refractivity contribution < 1.29 is 20.1 Å². The Hall–Kier alpha value is -0.970. The van der Waals surface area contributed by atoms with Crippen LogP contribution in [0.5, 0.6) is 11.5 Å². The first-order valence-electron chi connectivity index (χ1n) is 4.89. The summed E-state index contributed by atoms with van der Waals surface area (Å²) in [6.45, 7) is 0. The molecule has 0 radical (unpaired) electrons. The average Bonchev–Trinajstić information content (AvgIpc) is 2.28. The number of halogens is 1. The number of phenols is 1. The van der Waals surface area contributed by atoms with Gasteiger partial charge in [-0.25, -0.2) is 0 Å². The average molecular weight is 247 g/mol. The number of aromatic hydroxyl groups is 1. The van der Waals surface area contributed by atoms with Crippen LogP contribution < -0.4 is 4.74 Å². The first-order chi connectivity index (χ1) is 7.60. The summed E-state index contributed by atoms with van der Waals surface area (Å²) in [4.78, 5) is 0. The minimum Gasteiger partial charge on any atom is -0.507 e. The molecule has 0 aliphatic rings. The molecule has 1 rings (SSSR count). The van der Waals surface area contributed by atoms with Crippen molar-refractivity contribution >= 4 is 11.6 Å². The Bertz CT molecular complexity index is 343. The lowest BCUT2D eigenvalue weighted by Crippen LogP contribution is -2.18. The normalized spacial score (nSPS) is 14.5. The van der Waals surface area contributed by atoms with Crippen LogP contribution in [-0.2, 0) is 0 Å². The SMILES string of the molecule is COc1ccc(C(O)C(O)CCCl)c(O)c1. The molecule has 0 saturated heterocycles. The standard InChI is InChI=1S/C11H15ClO4/c1-16-7-2-3-8(10(14)6-7)11(15)9(13)4-5-12/h2-3,6,9,11,13-15H,4-5H2,1H3. The molecule has 1 aromatic carbocycles. The Labute approximate surface area is 99.1 Å². The van der Waals surface area contributed by atoms with Gasteiger partial charge in [-0.1, -0.05) is 0 Å². The highest BCUT2D eigenvalue weighted by molar-refractivity contribution is 6.17. The minimum absolute atomic E-state index is 0.111. The largest absolute Gasteiger partial charge is 0.507 e. The van der Waals surface area contributed by atoms with Gasteiger partial charge >= 0.3 is 0 Å². The number of rotatable bonds is 5. The van der Waals surface area contributed by atoms with E-state index < -0.39 is 12.2 Å². The van der Waals surface area contributed by atoms with Crippen molar-refractivity contribution in [1.29, 1.82) is 0 Å². The molecule has 16 heavy (non-hydrogen) atoms.